The fraction of sp³-hybridized carbons (Fsp3) is 0.125. The number of pyridine rings is 1. The van der Waals surface area contributed by atoms with Crippen LogP contribution in [-0.2, 0) is 6.42 Å². The summed E-state index contributed by atoms with van der Waals surface area (Å²) in [5, 5.41) is 13.5. The van der Waals surface area contributed by atoms with Crippen LogP contribution in [-0.4, -0.2) is 19.5 Å². The van der Waals surface area contributed by atoms with Crippen molar-refractivity contribution in [2.45, 2.75) is 12.5 Å². The zero-order chi connectivity index (χ0) is 14.2. The Hall–Kier alpha value is -2.24. The molecule has 0 bridgehead atoms. The number of hydrogen-bond donors (Lipinski definition) is 1. The molecular formula is C16H13N3OS. The molecule has 1 unspecified atom stereocenters. The quantitative estimate of drug-likeness (QED) is 0.631. The molecule has 1 N–H and O–H groups in total. The van der Waals surface area contributed by atoms with Gasteiger partial charge in [0.15, 0.2) is 4.96 Å². The topological polar surface area (TPSA) is 50.4 Å². The first-order chi connectivity index (χ1) is 10.3. The molecule has 0 aliphatic heterocycles. The van der Waals surface area contributed by atoms with Gasteiger partial charge in [-0.2, -0.15) is 0 Å². The lowest BCUT2D eigenvalue weighted by Crippen LogP contribution is -2.04. The molecule has 0 spiro atoms. The van der Waals surface area contributed by atoms with E-state index in [0.29, 0.717) is 12.1 Å². The van der Waals surface area contributed by atoms with E-state index in [9.17, 15) is 5.11 Å². The Morgan fingerprint density at radius 2 is 2.05 bits per heavy atom. The summed E-state index contributed by atoms with van der Waals surface area (Å²) in [7, 11) is 0. The van der Waals surface area contributed by atoms with Gasteiger partial charge < -0.3 is 5.11 Å². The normalized spacial score (nSPS) is 13.0. The van der Waals surface area contributed by atoms with Crippen molar-refractivity contribution in [1.29, 1.82) is 0 Å². The predicted molar refractivity (Wildman–Crippen MR) is 83.5 cm³/mol. The van der Waals surface area contributed by atoms with Gasteiger partial charge >= 0.3 is 0 Å². The lowest BCUT2D eigenvalue weighted by Gasteiger charge is -2.09. The highest BCUT2D eigenvalue weighted by Crippen LogP contribution is 2.21. The Morgan fingerprint density at radius 1 is 1.14 bits per heavy atom. The van der Waals surface area contributed by atoms with E-state index in [0.717, 1.165) is 21.6 Å². The smallest absolute Gasteiger partial charge is 0.193 e. The third-order valence-electron chi connectivity index (χ3n) is 3.51. The van der Waals surface area contributed by atoms with Crippen LogP contribution in [0.5, 0.6) is 0 Å². The molecule has 1 aromatic carbocycles. The van der Waals surface area contributed by atoms with E-state index in [2.05, 4.69) is 9.97 Å². The molecule has 21 heavy (non-hydrogen) atoms. The Labute approximate surface area is 125 Å². The molecule has 0 aliphatic rings. The standard InChI is InChI=1S/C16H13N3OS/c20-15(9-12-10-19-7-8-21-16(19)17-12)14-6-5-11-3-1-2-4-13(11)18-14/h1-8,10,15,20H,9H2. The van der Waals surface area contributed by atoms with Crippen molar-refractivity contribution in [2.75, 3.05) is 0 Å². The second kappa shape index (κ2) is 4.95. The maximum atomic E-state index is 10.4. The molecule has 0 amide bonds. The van der Waals surface area contributed by atoms with E-state index in [1.165, 1.54) is 0 Å². The summed E-state index contributed by atoms with van der Waals surface area (Å²) in [6.45, 7) is 0. The van der Waals surface area contributed by atoms with E-state index in [4.69, 9.17) is 0 Å². The van der Waals surface area contributed by atoms with Gasteiger partial charge in [-0.15, -0.1) is 11.3 Å². The zero-order valence-corrected chi connectivity index (χ0v) is 12.0. The maximum absolute atomic E-state index is 10.4. The van der Waals surface area contributed by atoms with E-state index >= 15 is 0 Å². The van der Waals surface area contributed by atoms with Gasteiger partial charge in [0.05, 0.1) is 16.9 Å². The number of nitrogens with zero attached hydrogens (tertiary/aromatic N) is 3. The minimum Gasteiger partial charge on any atom is -0.386 e. The molecule has 0 saturated carbocycles. The number of para-hydroxylation sites is 1. The summed E-state index contributed by atoms with van der Waals surface area (Å²) >= 11 is 1.59. The lowest BCUT2D eigenvalue weighted by atomic mass is 10.1. The largest absolute Gasteiger partial charge is 0.386 e. The van der Waals surface area contributed by atoms with Crippen molar-refractivity contribution < 1.29 is 5.11 Å². The summed E-state index contributed by atoms with van der Waals surface area (Å²) < 4.78 is 1.97. The number of thiazole rings is 1. The first-order valence-corrected chi connectivity index (χ1v) is 7.62. The minimum atomic E-state index is -0.640. The molecular weight excluding hydrogens is 282 g/mol. The van der Waals surface area contributed by atoms with Crippen molar-refractivity contribution in [3.8, 4) is 0 Å². The number of aromatic nitrogens is 3. The van der Waals surface area contributed by atoms with Crippen LogP contribution in [0.2, 0.25) is 0 Å². The number of fused-ring (bicyclic) bond motifs is 2. The maximum Gasteiger partial charge on any atom is 0.193 e. The molecule has 4 aromatic rings. The number of hydrogen-bond acceptors (Lipinski definition) is 4. The first kappa shape index (κ1) is 12.5. The van der Waals surface area contributed by atoms with Crippen LogP contribution in [0, 0.1) is 0 Å². The van der Waals surface area contributed by atoms with Crippen LogP contribution in [0.3, 0.4) is 0 Å². The van der Waals surface area contributed by atoms with Crippen molar-refractivity contribution in [3.63, 3.8) is 0 Å². The predicted octanol–water partition coefficient (Wildman–Crippen LogP) is 3.22. The van der Waals surface area contributed by atoms with Gasteiger partial charge in [-0.3, -0.25) is 9.38 Å². The molecule has 104 valence electrons. The van der Waals surface area contributed by atoms with Crippen LogP contribution < -0.4 is 0 Å². The Morgan fingerprint density at radius 3 is 2.95 bits per heavy atom. The first-order valence-electron chi connectivity index (χ1n) is 6.74. The zero-order valence-electron chi connectivity index (χ0n) is 11.2. The average Bonchev–Trinajstić information content (AvgIpc) is 3.08. The van der Waals surface area contributed by atoms with E-state index in [1.54, 1.807) is 11.3 Å². The van der Waals surface area contributed by atoms with E-state index < -0.39 is 6.10 Å². The third kappa shape index (κ3) is 2.30. The summed E-state index contributed by atoms with van der Waals surface area (Å²) in [6, 6.07) is 11.8. The SMILES string of the molecule is OC(Cc1cn2ccsc2n1)c1ccc2ccccc2n1. The van der Waals surface area contributed by atoms with Gasteiger partial charge in [-0.25, -0.2) is 4.98 Å². The van der Waals surface area contributed by atoms with Gasteiger partial charge in [0, 0.05) is 29.6 Å². The molecule has 0 fully saturated rings. The highest BCUT2D eigenvalue weighted by atomic mass is 32.1. The molecule has 3 heterocycles. The fourth-order valence-electron chi connectivity index (χ4n) is 2.44. The van der Waals surface area contributed by atoms with E-state index in [1.807, 2.05) is 58.6 Å². The summed E-state index contributed by atoms with van der Waals surface area (Å²) in [5.41, 5.74) is 2.47. The van der Waals surface area contributed by atoms with Crippen molar-refractivity contribution in [1.82, 2.24) is 14.4 Å². The molecule has 0 saturated heterocycles. The highest BCUT2D eigenvalue weighted by molar-refractivity contribution is 7.15. The molecule has 4 rings (SSSR count). The van der Waals surface area contributed by atoms with Crippen LogP contribution >= 0.6 is 11.3 Å². The number of benzene rings is 1. The second-order valence-corrected chi connectivity index (χ2v) is 5.85. The number of rotatable bonds is 3. The summed E-state index contributed by atoms with van der Waals surface area (Å²) in [4.78, 5) is 9.97. The fourth-order valence-corrected chi connectivity index (χ4v) is 3.16. The molecule has 0 aliphatic carbocycles. The monoisotopic (exact) mass is 295 g/mol. The summed E-state index contributed by atoms with van der Waals surface area (Å²) in [5.74, 6) is 0. The second-order valence-electron chi connectivity index (χ2n) is 4.97. The van der Waals surface area contributed by atoms with Gasteiger partial charge in [0.25, 0.3) is 0 Å². The minimum absolute atomic E-state index is 0.472. The molecule has 1 atom stereocenters. The van der Waals surface area contributed by atoms with Crippen LogP contribution in [0.15, 0.2) is 54.2 Å². The Kier molecular flexibility index (Phi) is 2.94. The number of aliphatic hydroxyl groups is 1. The summed E-state index contributed by atoms with van der Waals surface area (Å²) in [6.07, 6.45) is 3.76. The van der Waals surface area contributed by atoms with Gasteiger partial charge in [-0.1, -0.05) is 24.3 Å². The average molecular weight is 295 g/mol. The molecule has 4 nitrogen and oxygen atoms in total. The van der Waals surface area contributed by atoms with Crippen molar-refractivity contribution in [2.24, 2.45) is 0 Å². The van der Waals surface area contributed by atoms with Gasteiger partial charge in [0.1, 0.15) is 6.10 Å². The number of aliphatic hydroxyl groups excluding tert-OH is 1. The highest BCUT2D eigenvalue weighted by Gasteiger charge is 2.13. The molecule has 0 radical (unpaired) electrons. The Balaban J connectivity index is 1.63. The molecule has 3 aromatic heterocycles. The Bertz CT molecular complexity index is 883. The van der Waals surface area contributed by atoms with Gasteiger partial charge in [0.2, 0.25) is 0 Å². The van der Waals surface area contributed by atoms with Gasteiger partial charge in [-0.05, 0) is 12.1 Å². The van der Waals surface area contributed by atoms with Crippen LogP contribution in [0.1, 0.15) is 17.5 Å². The van der Waals surface area contributed by atoms with Crippen molar-refractivity contribution >= 4 is 27.2 Å². The number of imidazole rings is 1. The van der Waals surface area contributed by atoms with Crippen LogP contribution in [0.25, 0.3) is 15.9 Å². The van der Waals surface area contributed by atoms with E-state index in [-0.39, 0.29) is 0 Å². The third-order valence-corrected chi connectivity index (χ3v) is 4.28. The van der Waals surface area contributed by atoms with Crippen LogP contribution in [0.4, 0.5) is 0 Å². The van der Waals surface area contributed by atoms with Crippen molar-refractivity contribution in [3.05, 3.63) is 65.6 Å². The lowest BCUT2D eigenvalue weighted by molar-refractivity contribution is 0.173. The molecule has 5 heteroatoms.